The molecule has 0 amide bonds. The van der Waals surface area contributed by atoms with Crippen LogP contribution in [0, 0.1) is 5.92 Å². The molecule has 6 aromatic carbocycles. The van der Waals surface area contributed by atoms with Gasteiger partial charge in [0, 0.05) is 33.3 Å². The van der Waals surface area contributed by atoms with E-state index in [0.29, 0.717) is 5.92 Å². The molecule has 0 spiro atoms. The average Bonchev–Trinajstić information content (AvgIpc) is 3.64. The fourth-order valence-electron chi connectivity index (χ4n) is 8.91. The van der Waals surface area contributed by atoms with Crippen molar-refractivity contribution in [3.63, 3.8) is 0 Å². The van der Waals surface area contributed by atoms with Gasteiger partial charge in [-0.1, -0.05) is 143 Å². The highest BCUT2D eigenvalue weighted by Gasteiger charge is 2.38. The molecular weight excluding hydrogens is 641 g/mol. The smallest absolute Gasteiger partial charge is 0.0542 e. The van der Waals surface area contributed by atoms with Gasteiger partial charge < -0.3 is 9.47 Å². The minimum absolute atomic E-state index is 0.187. The topological polar surface area (TPSA) is 8.17 Å². The number of aromatic nitrogens is 1. The third-order valence-electron chi connectivity index (χ3n) is 11.4. The number of fused-ring (bicyclic) bond motifs is 7. The molecule has 53 heavy (non-hydrogen) atoms. The van der Waals surface area contributed by atoms with E-state index in [1.54, 1.807) is 0 Å². The minimum atomic E-state index is -0.187. The van der Waals surface area contributed by atoms with Crippen molar-refractivity contribution in [2.24, 2.45) is 5.92 Å². The molecule has 2 nitrogen and oxygen atoms in total. The molecule has 1 atom stereocenters. The summed E-state index contributed by atoms with van der Waals surface area (Å²) in [5, 5.41) is 2.46. The third kappa shape index (κ3) is 5.32. The Morgan fingerprint density at radius 3 is 2.34 bits per heavy atom. The molecule has 0 saturated carbocycles. The van der Waals surface area contributed by atoms with Crippen LogP contribution < -0.4 is 4.90 Å². The van der Waals surface area contributed by atoms with E-state index in [9.17, 15) is 0 Å². The summed E-state index contributed by atoms with van der Waals surface area (Å²) in [4.78, 5) is 2.47. The number of allylic oxidation sites excluding steroid dienone is 5. The van der Waals surface area contributed by atoms with Crippen LogP contribution in [0.5, 0.6) is 0 Å². The van der Waals surface area contributed by atoms with Gasteiger partial charge in [0.15, 0.2) is 0 Å². The normalized spacial score (nSPS) is 15.8. The molecule has 0 saturated heterocycles. The maximum absolute atomic E-state index is 4.62. The van der Waals surface area contributed by atoms with E-state index in [1.165, 1.54) is 66.4 Å². The predicted molar refractivity (Wildman–Crippen MR) is 227 cm³/mol. The highest BCUT2D eigenvalue weighted by molar-refractivity contribution is 6.10. The molecule has 258 valence electrons. The lowest BCUT2D eigenvalue weighted by atomic mass is 9.81. The Labute approximate surface area is 313 Å². The molecule has 1 aromatic heterocycles. The standard InChI is InChI=1S/C51H44N2/c1-6-37(29-27-35(3)40-21-14-16-36-28-26-34(2)32-44(36)40)52(49-25-15-22-43-41-19-10-12-23-46(41)51(4,5)50(43)49)39-30-31-48-45(33-39)42-20-11-13-24-47(42)53(48)38-17-8-7-9-18-38/h6-31,33-34H,3,32H2,1-2,4-5H3/b29-27-,37-6+. The number of benzene rings is 6. The largest absolute Gasteiger partial charge is 0.310 e. The quantitative estimate of drug-likeness (QED) is 0.152. The minimum Gasteiger partial charge on any atom is -0.310 e. The fourth-order valence-corrected chi connectivity index (χ4v) is 8.91. The third-order valence-corrected chi connectivity index (χ3v) is 11.4. The number of anilines is 2. The van der Waals surface area contributed by atoms with Gasteiger partial charge in [-0.05, 0) is 112 Å². The first-order chi connectivity index (χ1) is 25.8. The van der Waals surface area contributed by atoms with Gasteiger partial charge in [-0.2, -0.15) is 0 Å². The van der Waals surface area contributed by atoms with Crippen LogP contribution in [0.4, 0.5) is 11.4 Å². The monoisotopic (exact) mass is 684 g/mol. The summed E-state index contributed by atoms with van der Waals surface area (Å²) >= 11 is 0. The summed E-state index contributed by atoms with van der Waals surface area (Å²) in [6.45, 7) is 13.8. The van der Waals surface area contributed by atoms with Crippen molar-refractivity contribution in [2.45, 2.75) is 39.5 Å². The van der Waals surface area contributed by atoms with Crippen LogP contribution in [-0.4, -0.2) is 4.57 Å². The Kier molecular flexibility index (Phi) is 7.93. The lowest BCUT2D eigenvalue weighted by Gasteiger charge is -2.33. The zero-order valence-electron chi connectivity index (χ0n) is 31.0. The zero-order chi connectivity index (χ0) is 36.3. The van der Waals surface area contributed by atoms with Gasteiger partial charge >= 0.3 is 0 Å². The highest BCUT2D eigenvalue weighted by atomic mass is 15.2. The maximum Gasteiger partial charge on any atom is 0.0542 e. The van der Waals surface area contributed by atoms with Crippen molar-refractivity contribution in [2.75, 3.05) is 4.90 Å². The molecule has 7 aromatic rings. The van der Waals surface area contributed by atoms with E-state index in [0.717, 1.165) is 29.1 Å². The van der Waals surface area contributed by atoms with E-state index in [1.807, 2.05) is 0 Å². The summed E-state index contributed by atoms with van der Waals surface area (Å²) in [6, 6.07) is 48.8. The number of rotatable bonds is 7. The van der Waals surface area contributed by atoms with Crippen LogP contribution in [0.15, 0.2) is 170 Å². The van der Waals surface area contributed by atoms with Crippen LogP contribution in [-0.2, 0) is 11.8 Å². The lowest BCUT2D eigenvalue weighted by molar-refractivity contribution is 0.660. The lowest BCUT2D eigenvalue weighted by Crippen LogP contribution is -2.22. The molecule has 9 rings (SSSR count). The Morgan fingerprint density at radius 2 is 1.49 bits per heavy atom. The van der Waals surface area contributed by atoms with Crippen LogP contribution in [0.2, 0.25) is 0 Å². The van der Waals surface area contributed by atoms with Crippen molar-refractivity contribution in [1.29, 1.82) is 0 Å². The molecule has 2 aliphatic carbocycles. The first kappa shape index (κ1) is 32.8. The summed E-state index contributed by atoms with van der Waals surface area (Å²) in [6.07, 6.45) is 12.3. The van der Waals surface area contributed by atoms with E-state index >= 15 is 0 Å². The highest BCUT2D eigenvalue weighted by Crippen LogP contribution is 2.54. The summed E-state index contributed by atoms with van der Waals surface area (Å²) in [7, 11) is 0. The Hall–Kier alpha value is -6.12. The van der Waals surface area contributed by atoms with Crippen molar-refractivity contribution in [3.8, 4) is 16.8 Å². The van der Waals surface area contributed by atoms with Crippen molar-refractivity contribution in [1.82, 2.24) is 4.57 Å². The van der Waals surface area contributed by atoms with Crippen molar-refractivity contribution in [3.05, 3.63) is 198 Å². The van der Waals surface area contributed by atoms with Gasteiger partial charge in [0.05, 0.1) is 16.7 Å². The van der Waals surface area contributed by atoms with Gasteiger partial charge in [0.1, 0.15) is 0 Å². The number of hydrogen-bond donors (Lipinski definition) is 0. The Balaban J connectivity index is 1.24. The summed E-state index contributed by atoms with van der Waals surface area (Å²) in [5.74, 6) is 0.512. The van der Waals surface area contributed by atoms with Crippen LogP contribution >= 0.6 is 0 Å². The fraction of sp³-hybridized carbons (Fsp3) is 0.137. The molecular formula is C51H44N2. The maximum atomic E-state index is 4.62. The first-order valence-corrected chi connectivity index (χ1v) is 18.8. The van der Waals surface area contributed by atoms with E-state index < -0.39 is 0 Å². The van der Waals surface area contributed by atoms with Gasteiger partial charge in [-0.3, -0.25) is 0 Å². The second-order valence-electron chi connectivity index (χ2n) is 15.1. The van der Waals surface area contributed by atoms with Gasteiger partial charge in [0.25, 0.3) is 0 Å². The predicted octanol–water partition coefficient (Wildman–Crippen LogP) is 13.6. The second-order valence-corrected chi connectivity index (χ2v) is 15.1. The molecule has 2 aliphatic rings. The van der Waals surface area contributed by atoms with E-state index in [4.69, 9.17) is 0 Å². The van der Waals surface area contributed by atoms with Crippen LogP contribution in [0.3, 0.4) is 0 Å². The summed E-state index contributed by atoms with van der Waals surface area (Å²) in [5.41, 5.74) is 17.0. The van der Waals surface area contributed by atoms with E-state index in [-0.39, 0.29) is 5.41 Å². The molecule has 0 radical (unpaired) electrons. The molecule has 0 N–H and O–H groups in total. The SMILES string of the molecule is C=C(/C=C\C(=C/C)N(c1ccc2c(c1)c1ccccc1n2-c1ccccc1)c1cccc2c1C(C)(C)c1ccccc1-2)c1cccc2c1CC(C)C=C2. The molecule has 0 bridgehead atoms. The number of para-hydroxylation sites is 2. The molecule has 1 heterocycles. The van der Waals surface area contributed by atoms with Crippen LogP contribution in [0.25, 0.3) is 50.3 Å². The first-order valence-electron chi connectivity index (χ1n) is 18.8. The number of hydrogen-bond acceptors (Lipinski definition) is 1. The van der Waals surface area contributed by atoms with Gasteiger partial charge in [-0.15, -0.1) is 0 Å². The zero-order valence-corrected chi connectivity index (χ0v) is 31.0. The molecule has 0 fully saturated rings. The number of nitrogens with zero attached hydrogens (tertiary/aromatic N) is 2. The van der Waals surface area contributed by atoms with Gasteiger partial charge in [-0.25, -0.2) is 0 Å². The van der Waals surface area contributed by atoms with Crippen molar-refractivity contribution >= 4 is 44.8 Å². The van der Waals surface area contributed by atoms with E-state index in [2.05, 4.69) is 208 Å². The molecule has 0 aliphatic heterocycles. The Bertz CT molecular complexity index is 2660. The average molecular weight is 685 g/mol. The molecule has 2 heteroatoms. The van der Waals surface area contributed by atoms with Gasteiger partial charge in [0.2, 0.25) is 0 Å². The van der Waals surface area contributed by atoms with Crippen LogP contribution in [0.1, 0.15) is 55.5 Å². The summed E-state index contributed by atoms with van der Waals surface area (Å²) < 4.78 is 2.38. The van der Waals surface area contributed by atoms with Crippen molar-refractivity contribution < 1.29 is 0 Å². The second kappa shape index (κ2) is 12.8. The Morgan fingerprint density at radius 1 is 0.755 bits per heavy atom. The molecule has 1 unspecified atom stereocenters.